The summed E-state index contributed by atoms with van der Waals surface area (Å²) >= 11 is 0. The SMILES string of the molecule is COc1cccc(NC(=O)C2NCCCC2C)c1. The largest absolute Gasteiger partial charge is 0.497 e. The number of amides is 1. The lowest BCUT2D eigenvalue weighted by Crippen LogP contribution is -2.48. The van der Waals surface area contributed by atoms with Crippen LogP contribution in [0, 0.1) is 5.92 Å². The molecular formula is C14H20N2O2. The lowest BCUT2D eigenvalue weighted by molar-refractivity contribution is -0.119. The molecule has 2 rings (SSSR count). The van der Waals surface area contributed by atoms with Crippen LogP contribution >= 0.6 is 0 Å². The summed E-state index contributed by atoms with van der Waals surface area (Å²) in [5.74, 6) is 1.16. The zero-order chi connectivity index (χ0) is 13.0. The van der Waals surface area contributed by atoms with Gasteiger partial charge < -0.3 is 15.4 Å². The summed E-state index contributed by atoms with van der Waals surface area (Å²) in [6, 6.07) is 7.33. The first-order chi connectivity index (χ1) is 8.70. The Bertz CT molecular complexity index is 420. The van der Waals surface area contributed by atoms with E-state index in [1.165, 1.54) is 0 Å². The number of nitrogens with one attached hydrogen (secondary N) is 2. The third kappa shape index (κ3) is 3.01. The zero-order valence-electron chi connectivity index (χ0n) is 10.9. The van der Waals surface area contributed by atoms with Crippen molar-refractivity contribution >= 4 is 11.6 Å². The summed E-state index contributed by atoms with van der Waals surface area (Å²) in [7, 11) is 1.62. The Kier molecular flexibility index (Phi) is 4.20. The van der Waals surface area contributed by atoms with E-state index < -0.39 is 0 Å². The van der Waals surface area contributed by atoms with Crippen LogP contribution in [-0.2, 0) is 4.79 Å². The monoisotopic (exact) mass is 248 g/mol. The van der Waals surface area contributed by atoms with Crippen molar-refractivity contribution in [2.75, 3.05) is 19.0 Å². The van der Waals surface area contributed by atoms with Crippen molar-refractivity contribution in [3.05, 3.63) is 24.3 Å². The molecule has 1 heterocycles. The molecule has 0 radical (unpaired) electrons. The van der Waals surface area contributed by atoms with Crippen molar-refractivity contribution in [1.82, 2.24) is 5.32 Å². The Morgan fingerprint density at radius 1 is 1.50 bits per heavy atom. The van der Waals surface area contributed by atoms with Gasteiger partial charge in [0, 0.05) is 11.8 Å². The molecule has 4 heteroatoms. The number of hydrogen-bond acceptors (Lipinski definition) is 3. The Balaban J connectivity index is 2.01. The highest BCUT2D eigenvalue weighted by Crippen LogP contribution is 2.20. The van der Waals surface area contributed by atoms with Crippen LogP contribution in [0.25, 0.3) is 0 Å². The van der Waals surface area contributed by atoms with Gasteiger partial charge in [0.15, 0.2) is 0 Å². The number of carbonyl (C=O) groups is 1. The Morgan fingerprint density at radius 2 is 2.33 bits per heavy atom. The smallest absolute Gasteiger partial charge is 0.241 e. The Hall–Kier alpha value is -1.55. The molecule has 1 amide bonds. The van der Waals surface area contributed by atoms with Gasteiger partial charge in [-0.2, -0.15) is 0 Å². The van der Waals surface area contributed by atoms with E-state index in [2.05, 4.69) is 17.6 Å². The first kappa shape index (κ1) is 12.9. The number of carbonyl (C=O) groups excluding carboxylic acids is 1. The number of anilines is 1. The van der Waals surface area contributed by atoms with Crippen molar-refractivity contribution in [1.29, 1.82) is 0 Å². The predicted octanol–water partition coefficient (Wildman–Crippen LogP) is 2.02. The molecule has 1 aliphatic rings. The number of rotatable bonds is 3. The molecule has 1 fully saturated rings. The fourth-order valence-electron chi connectivity index (χ4n) is 2.32. The summed E-state index contributed by atoms with van der Waals surface area (Å²) in [6.07, 6.45) is 2.24. The molecule has 1 aliphatic heterocycles. The maximum atomic E-state index is 12.2. The topological polar surface area (TPSA) is 50.4 Å². The van der Waals surface area contributed by atoms with E-state index in [0.29, 0.717) is 5.92 Å². The molecular weight excluding hydrogens is 228 g/mol. The normalized spacial score (nSPS) is 23.4. The molecule has 0 bridgehead atoms. The fourth-order valence-corrected chi connectivity index (χ4v) is 2.32. The molecule has 0 spiro atoms. The minimum absolute atomic E-state index is 0.0375. The molecule has 0 aromatic heterocycles. The molecule has 1 aromatic rings. The average Bonchev–Trinajstić information content (AvgIpc) is 2.39. The van der Waals surface area contributed by atoms with Crippen LogP contribution < -0.4 is 15.4 Å². The lowest BCUT2D eigenvalue weighted by Gasteiger charge is -2.28. The van der Waals surface area contributed by atoms with Crippen LogP contribution in [0.15, 0.2) is 24.3 Å². The van der Waals surface area contributed by atoms with Crippen molar-refractivity contribution in [2.45, 2.75) is 25.8 Å². The van der Waals surface area contributed by atoms with Crippen molar-refractivity contribution in [3.8, 4) is 5.75 Å². The highest BCUT2D eigenvalue weighted by Gasteiger charge is 2.27. The van der Waals surface area contributed by atoms with Gasteiger partial charge in [-0.3, -0.25) is 4.79 Å². The molecule has 98 valence electrons. The van der Waals surface area contributed by atoms with Crippen molar-refractivity contribution in [2.24, 2.45) is 5.92 Å². The minimum atomic E-state index is -0.0926. The van der Waals surface area contributed by atoms with E-state index in [0.717, 1.165) is 30.8 Å². The molecule has 0 aliphatic carbocycles. The predicted molar refractivity (Wildman–Crippen MR) is 71.8 cm³/mol. The number of ether oxygens (including phenoxy) is 1. The summed E-state index contributed by atoms with van der Waals surface area (Å²) < 4.78 is 5.14. The Morgan fingerprint density at radius 3 is 3.06 bits per heavy atom. The second-order valence-corrected chi connectivity index (χ2v) is 4.77. The maximum absolute atomic E-state index is 12.2. The maximum Gasteiger partial charge on any atom is 0.241 e. The van der Waals surface area contributed by atoms with Crippen LogP contribution in [0.5, 0.6) is 5.75 Å². The van der Waals surface area contributed by atoms with E-state index in [1.54, 1.807) is 7.11 Å². The number of methoxy groups -OCH3 is 1. The highest BCUT2D eigenvalue weighted by atomic mass is 16.5. The van der Waals surface area contributed by atoms with Crippen LogP contribution in [0.1, 0.15) is 19.8 Å². The summed E-state index contributed by atoms with van der Waals surface area (Å²) in [5, 5.41) is 6.21. The van der Waals surface area contributed by atoms with Gasteiger partial charge in [0.2, 0.25) is 5.91 Å². The van der Waals surface area contributed by atoms with Gasteiger partial charge in [-0.05, 0) is 37.4 Å². The summed E-state index contributed by atoms with van der Waals surface area (Å²) in [5.41, 5.74) is 0.777. The quantitative estimate of drug-likeness (QED) is 0.860. The van der Waals surface area contributed by atoms with E-state index in [9.17, 15) is 4.79 Å². The summed E-state index contributed by atoms with van der Waals surface area (Å²) in [6.45, 7) is 3.03. The summed E-state index contributed by atoms with van der Waals surface area (Å²) in [4.78, 5) is 12.2. The second-order valence-electron chi connectivity index (χ2n) is 4.77. The number of benzene rings is 1. The van der Waals surface area contributed by atoms with Crippen molar-refractivity contribution in [3.63, 3.8) is 0 Å². The van der Waals surface area contributed by atoms with E-state index in [1.807, 2.05) is 24.3 Å². The molecule has 1 saturated heterocycles. The van der Waals surface area contributed by atoms with Gasteiger partial charge in [-0.15, -0.1) is 0 Å². The van der Waals surface area contributed by atoms with Crippen LogP contribution in [-0.4, -0.2) is 25.6 Å². The molecule has 18 heavy (non-hydrogen) atoms. The van der Waals surface area contributed by atoms with Crippen molar-refractivity contribution < 1.29 is 9.53 Å². The van der Waals surface area contributed by atoms with E-state index in [4.69, 9.17) is 4.74 Å². The fraction of sp³-hybridized carbons (Fsp3) is 0.500. The highest BCUT2D eigenvalue weighted by molar-refractivity contribution is 5.95. The molecule has 2 atom stereocenters. The molecule has 1 aromatic carbocycles. The number of piperidine rings is 1. The number of hydrogen-bond donors (Lipinski definition) is 2. The van der Waals surface area contributed by atoms with E-state index >= 15 is 0 Å². The lowest BCUT2D eigenvalue weighted by atomic mass is 9.92. The van der Waals surface area contributed by atoms with Crippen LogP contribution in [0.2, 0.25) is 0 Å². The Labute approximate surface area is 108 Å². The van der Waals surface area contributed by atoms with Gasteiger partial charge in [0.05, 0.1) is 13.2 Å². The van der Waals surface area contributed by atoms with Gasteiger partial charge >= 0.3 is 0 Å². The van der Waals surface area contributed by atoms with E-state index in [-0.39, 0.29) is 11.9 Å². The third-order valence-electron chi connectivity index (χ3n) is 3.39. The van der Waals surface area contributed by atoms with Gasteiger partial charge in [0.25, 0.3) is 0 Å². The minimum Gasteiger partial charge on any atom is -0.497 e. The first-order valence-corrected chi connectivity index (χ1v) is 6.39. The molecule has 2 N–H and O–H groups in total. The van der Waals surface area contributed by atoms with Crippen LogP contribution in [0.3, 0.4) is 0 Å². The van der Waals surface area contributed by atoms with Gasteiger partial charge in [0.1, 0.15) is 5.75 Å². The molecule has 0 saturated carbocycles. The van der Waals surface area contributed by atoms with Gasteiger partial charge in [-0.25, -0.2) is 0 Å². The zero-order valence-corrected chi connectivity index (χ0v) is 10.9. The molecule has 4 nitrogen and oxygen atoms in total. The molecule has 2 unspecified atom stereocenters. The van der Waals surface area contributed by atoms with Crippen LogP contribution in [0.4, 0.5) is 5.69 Å². The average molecular weight is 248 g/mol. The first-order valence-electron chi connectivity index (χ1n) is 6.39. The third-order valence-corrected chi connectivity index (χ3v) is 3.39. The standard InChI is InChI=1S/C14H20N2O2/c1-10-5-4-8-15-13(10)14(17)16-11-6-3-7-12(9-11)18-2/h3,6-7,9-10,13,15H,4-5,8H2,1-2H3,(H,16,17). The second kappa shape index (κ2) is 5.87. The van der Waals surface area contributed by atoms with Gasteiger partial charge in [-0.1, -0.05) is 13.0 Å².